The van der Waals surface area contributed by atoms with Crippen LogP contribution in [0.25, 0.3) is 0 Å². The highest BCUT2D eigenvalue weighted by molar-refractivity contribution is 5.40. The first-order valence-corrected chi connectivity index (χ1v) is 5.39. The zero-order valence-electron chi connectivity index (χ0n) is 10.1. The molecule has 0 aliphatic carbocycles. The second-order valence-electron chi connectivity index (χ2n) is 4.48. The van der Waals surface area contributed by atoms with Crippen LogP contribution < -0.4 is 10.5 Å². The Bertz CT molecular complexity index is 322. The Hall–Kier alpha value is -1.02. The average molecular weight is 207 g/mol. The van der Waals surface area contributed by atoms with Crippen molar-refractivity contribution in [3.63, 3.8) is 0 Å². The van der Waals surface area contributed by atoms with E-state index in [2.05, 4.69) is 26.8 Å². The topological polar surface area (TPSA) is 35.2 Å². The summed E-state index contributed by atoms with van der Waals surface area (Å²) in [4.78, 5) is 0. The van der Waals surface area contributed by atoms with Gasteiger partial charge in [-0.2, -0.15) is 0 Å². The molecule has 1 aromatic rings. The Balaban J connectivity index is 3.23. The Kier molecular flexibility index (Phi) is 3.75. The third kappa shape index (κ3) is 2.15. The summed E-state index contributed by atoms with van der Waals surface area (Å²) in [7, 11) is 1.70. The Morgan fingerprint density at radius 3 is 2.40 bits per heavy atom. The van der Waals surface area contributed by atoms with E-state index in [1.165, 1.54) is 5.56 Å². The molecule has 1 aromatic carbocycles. The summed E-state index contributed by atoms with van der Waals surface area (Å²) in [5.41, 5.74) is 7.09. The third-order valence-corrected chi connectivity index (χ3v) is 3.42. The Morgan fingerprint density at radius 1 is 1.33 bits per heavy atom. The van der Waals surface area contributed by atoms with Crippen molar-refractivity contribution < 1.29 is 4.74 Å². The molecule has 0 aliphatic heterocycles. The molecule has 0 radical (unpaired) electrons. The smallest absolute Gasteiger partial charge is 0.122 e. The molecule has 0 heterocycles. The van der Waals surface area contributed by atoms with Crippen LogP contribution in [0, 0.1) is 5.92 Å². The maximum absolute atomic E-state index is 5.91. The van der Waals surface area contributed by atoms with E-state index in [1.54, 1.807) is 7.11 Å². The summed E-state index contributed by atoms with van der Waals surface area (Å²) in [6, 6.07) is 8.12. The van der Waals surface area contributed by atoms with E-state index in [1.807, 2.05) is 18.2 Å². The number of hydrogen-bond acceptors (Lipinski definition) is 2. The van der Waals surface area contributed by atoms with Gasteiger partial charge in [-0.3, -0.25) is 0 Å². The van der Waals surface area contributed by atoms with Crippen molar-refractivity contribution in [3.8, 4) is 5.75 Å². The minimum Gasteiger partial charge on any atom is -0.496 e. The molecule has 0 fully saturated rings. The van der Waals surface area contributed by atoms with E-state index in [-0.39, 0.29) is 5.41 Å². The van der Waals surface area contributed by atoms with Crippen molar-refractivity contribution in [2.75, 3.05) is 13.7 Å². The van der Waals surface area contributed by atoms with Gasteiger partial charge in [0.2, 0.25) is 0 Å². The molecular weight excluding hydrogens is 186 g/mol. The van der Waals surface area contributed by atoms with Crippen LogP contribution in [0.15, 0.2) is 24.3 Å². The molecule has 15 heavy (non-hydrogen) atoms. The zero-order valence-corrected chi connectivity index (χ0v) is 10.1. The fourth-order valence-electron chi connectivity index (χ4n) is 1.77. The van der Waals surface area contributed by atoms with E-state index >= 15 is 0 Å². The highest BCUT2D eigenvalue weighted by Crippen LogP contribution is 2.36. The Labute approximate surface area is 92.4 Å². The summed E-state index contributed by atoms with van der Waals surface area (Å²) in [6.45, 7) is 7.21. The highest BCUT2D eigenvalue weighted by Gasteiger charge is 2.31. The quantitative estimate of drug-likeness (QED) is 0.823. The average Bonchev–Trinajstić information content (AvgIpc) is 2.27. The molecule has 0 amide bonds. The van der Waals surface area contributed by atoms with Gasteiger partial charge < -0.3 is 10.5 Å². The molecule has 1 rings (SSSR count). The van der Waals surface area contributed by atoms with E-state index in [0.29, 0.717) is 12.5 Å². The van der Waals surface area contributed by atoms with Gasteiger partial charge in [0, 0.05) is 17.5 Å². The number of rotatable bonds is 4. The third-order valence-electron chi connectivity index (χ3n) is 3.42. The largest absolute Gasteiger partial charge is 0.496 e. The Morgan fingerprint density at radius 2 is 1.93 bits per heavy atom. The van der Waals surface area contributed by atoms with Crippen LogP contribution in [0.4, 0.5) is 0 Å². The highest BCUT2D eigenvalue weighted by atomic mass is 16.5. The van der Waals surface area contributed by atoms with Gasteiger partial charge in [-0.25, -0.2) is 0 Å². The molecule has 0 saturated carbocycles. The second kappa shape index (κ2) is 4.67. The van der Waals surface area contributed by atoms with E-state index in [9.17, 15) is 0 Å². The van der Waals surface area contributed by atoms with Gasteiger partial charge in [0.1, 0.15) is 5.75 Å². The second-order valence-corrected chi connectivity index (χ2v) is 4.48. The van der Waals surface area contributed by atoms with Crippen LogP contribution in [-0.2, 0) is 5.41 Å². The maximum Gasteiger partial charge on any atom is 0.122 e. The van der Waals surface area contributed by atoms with Gasteiger partial charge >= 0.3 is 0 Å². The van der Waals surface area contributed by atoms with Gasteiger partial charge in [0.25, 0.3) is 0 Å². The summed E-state index contributed by atoms with van der Waals surface area (Å²) in [5, 5.41) is 0. The van der Waals surface area contributed by atoms with Crippen LogP contribution in [-0.4, -0.2) is 13.7 Å². The summed E-state index contributed by atoms with van der Waals surface area (Å²) >= 11 is 0. The summed E-state index contributed by atoms with van der Waals surface area (Å²) < 4.78 is 5.39. The zero-order chi connectivity index (χ0) is 11.5. The fraction of sp³-hybridized carbons (Fsp3) is 0.538. The lowest BCUT2D eigenvalue weighted by atomic mass is 9.73. The first-order chi connectivity index (χ1) is 7.06. The molecular formula is C13H21NO. The number of nitrogens with two attached hydrogens (primary N) is 1. The van der Waals surface area contributed by atoms with Crippen LogP contribution in [0.5, 0.6) is 5.75 Å². The molecule has 0 spiro atoms. The van der Waals surface area contributed by atoms with E-state index in [0.717, 1.165) is 5.75 Å². The monoisotopic (exact) mass is 207 g/mol. The molecule has 2 heteroatoms. The maximum atomic E-state index is 5.91. The van der Waals surface area contributed by atoms with Crippen LogP contribution in [0.1, 0.15) is 26.3 Å². The van der Waals surface area contributed by atoms with Crippen molar-refractivity contribution in [3.05, 3.63) is 29.8 Å². The predicted molar refractivity (Wildman–Crippen MR) is 64.2 cm³/mol. The van der Waals surface area contributed by atoms with E-state index in [4.69, 9.17) is 10.5 Å². The minimum absolute atomic E-state index is 0.0212. The molecule has 1 atom stereocenters. The van der Waals surface area contributed by atoms with Crippen molar-refractivity contribution >= 4 is 0 Å². The van der Waals surface area contributed by atoms with Crippen LogP contribution >= 0.6 is 0 Å². The molecule has 0 bridgehead atoms. The number of hydrogen-bond donors (Lipinski definition) is 1. The van der Waals surface area contributed by atoms with Crippen molar-refractivity contribution in [1.82, 2.24) is 0 Å². The minimum atomic E-state index is -0.0212. The lowest BCUT2D eigenvalue weighted by Gasteiger charge is -2.34. The molecule has 0 aliphatic rings. The van der Waals surface area contributed by atoms with Gasteiger partial charge in [0.05, 0.1) is 7.11 Å². The van der Waals surface area contributed by atoms with Gasteiger partial charge in [-0.15, -0.1) is 0 Å². The summed E-state index contributed by atoms with van der Waals surface area (Å²) in [5.74, 6) is 1.41. The van der Waals surface area contributed by atoms with Crippen LogP contribution in [0.2, 0.25) is 0 Å². The molecule has 2 nitrogen and oxygen atoms in total. The molecule has 0 saturated heterocycles. The first kappa shape index (κ1) is 12.1. The molecule has 1 unspecified atom stereocenters. The van der Waals surface area contributed by atoms with Gasteiger partial charge in [0.15, 0.2) is 0 Å². The standard InChI is InChI=1S/C13H21NO/c1-10(2)13(3,9-14)11-7-5-6-8-12(11)15-4/h5-8,10H,9,14H2,1-4H3. The van der Waals surface area contributed by atoms with Crippen molar-refractivity contribution in [1.29, 1.82) is 0 Å². The van der Waals surface area contributed by atoms with Gasteiger partial charge in [-0.1, -0.05) is 39.0 Å². The molecule has 84 valence electrons. The van der Waals surface area contributed by atoms with Crippen molar-refractivity contribution in [2.24, 2.45) is 11.7 Å². The predicted octanol–water partition coefficient (Wildman–Crippen LogP) is 2.57. The number of para-hydroxylation sites is 1. The normalized spacial score (nSPS) is 15.1. The fourth-order valence-corrected chi connectivity index (χ4v) is 1.77. The first-order valence-electron chi connectivity index (χ1n) is 5.39. The lowest BCUT2D eigenvalue weighted by molar-refractivity contribution is 0.324. The SMILES string of the molecule is COc1ccccc1C(C)(CN)C(C)C. The number of ether oxygens (including phenoxy) is 1. The number of benzene rings is 1. The molecule has 0 aromatic heterocycles. The van der Waals surface area contributed by atoms with Gasteiger partial charge in [-0.05, 0) is 12.0 Å². The van der Waals surface area contributed by atoms with E-state index < -0.39 is 0 Å². The summed E-state index contributed by atoms with van der Waals surface area (Å²) in [6.07, 6.45) is 0. The van der Waals surface area contributed by atoms with Crippen molar-refractivity contribution in [2.45, 2.75) is 26.2 Å². The number of methoxy groups -OCH3 is 1. The van der Waals surface area contributed by atoms with Crippen LogP contribution in [0.3, 0.4) is 0 Å². The molecule has 2 N–H and O–H groups in total. The lowest BCUT2D eigenvalue weighted by Crippen LogP contribution is -2.37.